The molecule has 0 aliphatic rings. The van der Waals surface area contributed by atoms with Crippen LogP contribution in [0.1, 0.15) is 5.56 Å². The molecule has 0 aliphatic heterocycles. The van der Waals surface area contributed by atoms with Gasteiger partial charge in [0.15, 0.2) is 0 Å². The highest BCUT2D eigenvalue weighted by molar-refractivity contribution is 9.10. The van der Waals surface area contributed by atoms with Crippen LogP contribution < -0.4 is 5.73 Å². The van der Waals surface area contributed by atoms with Gasteiger partial charge in [0, 0.05) is 15.7 Å². The van der Waals surface area contributed by atoms with Crippen molar-refractivity contribution in [3.05, 3.63) is 52.5 Å². The lowest BCUT2D eigenvalue weighted by Crippen LogP contribution is -1.87. The minimum Gasteiger partial charge on any atom is -0.399 e. The molecule has 0 fully saturated rings. The normalized spacial score (nSPS) is 10.7. The van der Waals surface area contributed by atoms with Crippen LogP contribution in [0.5, 0.6) is 0 Å². The summed E-state index contributed by atoms with van der Waals surface area (Å²) in [6.45, 7) is 2.02. The molecule has 0 spiro atoms. The van der Waals surface area contributed by atoms with Gasteiger partial charge in [0.2, 0.25) is 5.82 Å². The van der Waals surface area contributed by atoms with E-state index >= 15 is 0 Å². The van der Waals surface area contributed by atoms with Crippen LogP contribution >= 0.6 is 15.9 Å². The topological polar surface area (TPSA) is 64.9 Å². The third-order valence-electron chi connectivity index (χ3n) is 2.99. The number of nitrogen functional groups attached to an aromatic ring is 1. The highest BCUT2D eigenvalue weighted by Gasteiger charge is 2.14. The maximum absolute atomic E-state index is 5.76. The van der Waals surface area contributed by atoms with E-state index in [4.69, 9.17) is 10.3 Å². The van der Waals surface area contributed by atoms with Gasteiger partial charge in [-0.15, -0.1) is 0 Å². The maximum atomic E-state index is 5.76. The minimum absolute atomic E-state index is 0.484. The van der Waals surface area contributed by atoms with Crippen molar-refractivity contribution in [2.75, 3.05) is 5.73 Å². The van der Waals surface area contributed by atoms with Crippen molar-refractivity contribution in [3.63, 3.8) is 0 Å². The molecule has 4 nitrogen and oxygen atoms in total. The van der Waals surface area contributed by atoms with Gasteiger partial charge < -0.3 is 10.3 Å². The zero-order valence-corrected chi connectivity index (χ0v) is 12.4. The molecule has 20 heavy (non-hydrogen) atoms. The minimum atomic E-state index is 0.484. The van der Waals surface area contributed by atoms with Gasteiger partial charge in [0.05, 0.1) is 5.56 Å². The standard InChI is InChI=1S/C15H12BrN3O/c1-9-4-2-7-12(13(9)16)15-18-14(19-20-15)10-5-3-6-11(17)8-10/h2-8H,17H2,1H3. The highest BCUT2D eigenvalue weighted by Crippen LogP contribution is 2.31. The largest absolute Gasteiger partial charge is 0.399 e. The Kier molecular flexibility index (Phi) is 3.28. The molecule has 0 aliphatic carbocycles. The monoisotopic (exact) mass is 329 g/mol. The van der Waals surface area contributed by atoms with Crippen LogP contribution in [0.25, 0.3) is 22.8 Å². The van der Waals surface area contributed by atoms with E-state index in [2.05, 4.69) is 26.1 Å². The summed E-state index contributed by atoms with van der Waals surface area (Å²) >= 11 is 3.55. The number of anilines is 1. The van der Waals surface area contributed by atoms with Crippen LogP contribution in [0.2, 0.25) is 0 Å². The van der Waals surface area contributed by atoms with Crippen LogP contribution in [0.3, 0.4) is 0 Å². The van der Waals surface area contributed by atoms with E-state index in [9.17, 15) is 0 Å². The molecule has 3 rings (SSSR count). The molecule has 0 saturated heterocycles. The molecule has 5 heteroatoms. The van der Waals surface area contributed by atoms with Crippen LogP contribution in [0, 0.1) is 6.92 Å². The quantitative estimate of drug-likeness (QED) is 0.720. The molecule has 0 radical (unpaired) electrons. The fourth-order valence-corrected chi connectivity index (χ4v) is 2.37. The number of aryl methyl sites for hydroxylation is 1. The fourth-order valence-electron chi connectivity index (χ4n) is 1.94. The molecule has 0 unspecified atom stereocenters. The van der Waals surface area contributed by atoms with E-state index < -0.39 is 0 Å². The third kappa shape index (κ3) is 2.32. The smallest absolute Gasteiger partial charge is 0.259 e. The summed E-state index contributed by atoms with van der Waals surface area (Å²) in [7, 11) is 0. The summed E-state index contributed by atoms with van der Waals surface area (Å²) in [5, 5.41) is 4.01. The Balaban J connectivity index is 2.04. The van der Waals surface area contributed by atoms with Crippen LogP contribution in [-0.2, 0) is 0 Å². The fraction of sp³-hybridized carbons (Fsp3) is 0.0667. The lowest BCUT2D eigenvalue weighted by atomic mass is 10.1. The molecular weight excluding hydrogens is 318 g/mol. The van der Waals surface area contributed by atoms with Crippen LogP contribution in [0.4, 0.5) is 5.69 Å². The Morgan fingerprint density at radius 2 is 1.95 bits per heavy atom. The Morgan fingerprint density at radius 1 is 1.15 bits per heavy atom. The number of nitrogens with two attached hydrogens (primary N) is 1. The molecule has 2 aromatic carbocycles. The van der Waals surface area contributed by atoms with Crippen molar-refractivity contribution in [3.8, 4) is 22.8 Å². The van der Waals surface area contributed by atoms with E-state index in [0.29, 0.717) is 17.4 Å². The number of halogens is 1. The number of nitrogens with zero attached hydrogens (tertiary/aromatic N) is 2. The van der Waals surface area contributed by atoms with Crippen molar-refractivity contribution in [1.29, 1.82) is 0 Å². The molecule has 1 heterocycles. The predicted molar refractivity (Wildman–Crippen MR) is 82.0 cm³/mol. The first-order valence-corrected chi connectivity index (χ1v) is 6.89. The Labute approximate surface area is 124 Å². The second-order valence-electron chi connectivity index (χ2n) is 4.49. The molecule has 0 bridgehead atoms. The maximum Gasteiger partial charge on any atom is 0.259 e. The SMILES string of the molecule is Cc1cccc(-c2nc(-c3cccc(N)c3)no2)c1Br. The van der Waals surface area contributed by atoms with Crippen molar-refractivity contribution in [2.24, 2.45) is 0 Å². The first-order valence-electron chi connectivity index (χ1n) is 6.10. The van der Waals surface area contributed by atoms with Gasteiger partial charge in [0.1, 0.15) is 0 Å². The number of benzene rings is 2. The summed E-state index contributed by atoms with van der Waals surface area (Å²) < 4.78 is 6.31. The molecule has 1 aromatic heterocycles. The van der Waals surface area contributed by atoms with Crippen LogP contribution in [0.15, 0.2) is 51.5 Å². The predicted octanol–water partition coefficient (Wildman–Crippen LogP) is 4.06. The molecule has 0 atom stereocenters. The van der Waals surface area contributed by atoms with Crippen molar-refractivity contribution < 1.29 is 4.52 Å². The van der Waals surface area contributed by atoms with Gasteiger partial charge in [-0.1, -0.05) is 29.4 Å². The lowest BCUT2D eigenvalue weighted by molar-refractivity contribution is 0.432. The van der Waals surface area contributed by atoms with Crippen molar-refractivity contribution in [2.45, 2.75) is 6.92 Å². The number of rotatable bonds is 2. The number of hydrogen-bond acceptors (Lipinski definition) is 4. The van der Waals surface area contributed by atoms with Gasteiger partial charge in [-0.2, -0.15) is 4.98 Å². The zero-order valence-electron chi connectivity index (χ0n) is 10.8. The summed E-state index contributed by atoms with van der Waals surface area (Å²) in [6, 6.07) is 13.3. The van der Waals surface area contributed by atoms with Crippen LogP contribution in [-0.4, -0.2) is 10.1 Å². The van der Waals surface area contributed by atoms with Gasteiger partial charge in [-0.05, 0) is 46.6 Å². The first kappa shape index (κ1) is 12.9. The van der Waals surface area contributed by atoms with Gasteiger partial charge in [-0.3, -0.25) is 0 Å². The summed E-state index contributed by atoms with van der Waals surface area (Å²) in [4.78, 5) is 4.43. The molecule has 2 N–H and O–H groups in total. The number of hydrogen-bond donors (Lipinski definition) is 1. The second kappa shape index (κ2) is 5.09. The van der Waals surface area contributed by atoms with E-state index in [1.807, 2.05) is 49.4 Å². The molecule has 100 valence electrons. The molecule has 3 aromatic rings. The van der Waals surface area contributed by atoms with E-state index in [0.717, 1.165) is 21.2 Å². The summed E-state index contributed by atoms with van der Waals surface area (Å²) in [6.07, 6.45) is 0. The van der Waals surface area contributed by atoms with Gasteiger partial charge in [0.25, 0.3) is 5.89 Å². The summed E-state index contributed by atoms with van der Waals surface area (Å²) in [5.74, 6) is 1.01. The van der Waals surface area contributed by atoms with Crippen molar-refractivity contribution >= 4 is 21.6 Å². The van der Waals surface area contributed by atoms with Gasteiger partial charge >= 0.3 is 0 Å². The van der Waals surface area contributed by atoms with E-state index in [-0.39, 0.29) is 0 Å². The first-order chi connectivity index (χ1) is 9.65. The zero-order chi connectivity index (χ0) is 14.1. The van der Waals surface area contributed by atoms with E-state index in [1.54, 1.807) is 0 Å². The average molecular weight is 330 g/mol. The Morgan fingerprint density at radius 3 is 2.75 bits per heavy atom. The summed E-state index contributed by atoms with van der Waals surface area (Å²) in [5.41, 5.74) is 9.27. The third-order valence-corrected chi connectivity index (χ3v) is 4.05. The molecule has 0 saturated carbocycles. The second-order valence-corrected chi connectivity index (χ2v) is 5.28. The van der Waals surface area contributed by atoms with Gasteiger partial charge in [-0.25, -0.2) is 0 Å². The highest BCUT2D eigenvalue weighted by atomic mass is 79.9. The molecule has 0 amide bonds. The Hall–Kier alpha value is -2.14. The Bertz CT molecular complexity index is 767. The lowest BCUT2D eigenvalue weighted by Gasteiger charge is -2.01. The average Bonchev–Trinajstić information content (AvgIpc) is 2.91. The van der Waals surface area contributed by atoms with Crippen molar-refractivity contribution in [1.82, 2.24) is 10.1 Å². The molecular formula is C15H12BrN3O. The number of aromatic nitrogens is 2. The van der Waals surface area contributed by atoms with E-state index in [1.165, 1.54) is 0 Å².